The van der Waals surface area contributed by atoms with Crippen LogP contribution in [0.1, 0.15) is 85.5 Å². The number of esters is 1. The summed E-state index contributed by atoms with van der Waals surface area (Å²) in [5, 5.41) is 8.89. The van der Waals surface area contributed by atoms with Gasteiger partial charge in [-0.05, 0) is 76.5 Å². The number of ether oxygens (including phenoxy) is 1. The highest BCUT2D eigenvalue weighted by Gasteiger charge is 2.46. The van der Waals surface area contributed by atoms with E-state index in [9.17, 15) is 14.2 Å². The lowest BCUT2D eigenvalue weighted by Crippen LogP contribution is -2.46. The van der Waals surface area contributed by atoms with Crippen molar-refractivity contribution in [2.45, 2.75) is 91.6 Å². The fourth-order valence-corrected chi connectivity index (χ4v) is 7.39. The van der Waals surface area contributed by atoms with E-state index in [0.29, 0.717) is 42.4 Å². The fourth-order valence-electron chi connectivity index (χ4n) is 5.47. The Morgan fingerprint density at radius 1 is 1.13 bits per heavy atom. The molecule has 31 heavy (non-hydrogen) atoms. The van der Waals surface area contributed by atoms with Crippen molar-refractivity contribution < 1.29 is 28.5 Å². The van der Waals surface area contributed by atoms with E-state index in [-0.39, 0.29) is 18.5 Å². The Hall–Kier alpha value is -0.870. The van der Waals surface area contributed by atoms with Crippen LogP contribution < -0.4 is 0 Å². The van der Waals surface area contributed by atoms with E-state index in [1.807, 2.05) is 20.8 Å². The minimum atomic E-state index is -2.85. The molecule has 0 saturated heterocycles. The van der Waals surface area contributed by atoms with E-state index in [0.717, 1.165) is 32.1 Å². The van der Waals surface area contributed by atoms with Gasteiger partial charge in [-0.2, -0.15) is 0 Å². The highest BCUT2D eigenvalue weighted by Crippen LogP contribution is 2.53. The van der Waals surface area contributed by atoms with Crippen LogP contribution in [-0.4, -0.2) is 42.6 Å². The smallest absolute Gasteiger partial charge is 0.311 e. The number of aliphatic carboxylic acids is 1. The van der Waals surface area contributed by atoms with Crippen LogP contribution in [0.4, 0.5) is 0 Å². The molecule has 0 spiro atoms. The van der Waals surface area contributed by atoms with E-state index >= 15 is 0 Å². The molecule has 180 valence electrons. The first-order valence-corrected chi connectivity index (χ1v) is 14.1. The number of carboxylic acid groups (broad SMARTS) is 1. The molecule has 2 fully saturated rings. The summed E-state index contributed by atoms with van der Waals surface area (Å²) in [6.45, 7) is 8.18. The molecule has 0 bridgehead atoms. The predicted octanol–water partition coefficient (Wildman–Crippen LogP) is 5.98. The maximum absolute atomic E-state index is 13.2. The molecule has 0 aromatic rings. The second-order valence-electron chi connectivity index (χ2n) is 10.4. The number of hydrogen-bond donors (Lipinski definition) is 1. The monoisotopic (exact) mass is 458 g/mol. The zero-order valence-electron chi connectivity index (χ0n) is 20.1. The number of rotatable bonds is 11. The number of fused-ring (bicyclic) bond motifs is 1. The normalized spacial score (nSPS) is 30.8. The molecule has 0 amide bonds. The highest BCUT2D eigenvalue weighted by molar-refractivity contribution is 7.58. The van der Waals surface area contributed by atoms with Crippen LogP contribution in [0.2, 0.25) is 0 Å². The molecule has 2 aliphatic rings. The van der Waals surface area contributed by atoms with Crippen molar-refractivity contribution in [3.05, 3.63) is 0 Å². The van der Waals surface area contributed by atoms with Crippen molar-refractivity contribution in [3.63, 3.8) is 0 Å². The number of carboxylic acids is 1. The quantitative estimate of drug-likeness (QED) is 0.303. The van der Waals surface area contributed by atoms with Crippen LogP contribution in [0.3, 0.4) is 0 Å². The van der Waals surface area contributed by atoms with Crippen LogP contribution in [-0.2, 0) is 23.4 Å². The summed E-state index contributed by atoms with van der Waals surface area (Å²) < 4.78 is 24.8. The van der Waals surface area contributed by atoms with Gasteiger partial charge in [-0.1, -0.05) is 20.3 Å². The van der Waals surface area contributed by atoms with Gasteiger partial charge in [0.15, 0.2) is 0 Å². The van der Waals surface area contributed by atoms with Gasteiger partial charge in [0, 0.05) is 31.8 Å². The average molecular weight is 459 g/mol. The Morgan fingerprint density at radius 2 is 1.84 bits per heavy atom. The topological polar surface area (TPSA) is 89.9 Å². The predicted molar refractivity (Wildman–Crippen MR) is 123 cm³/mol. The highest BCUT2D eigenvalue weighted by atomic mass is 31.2. The van der Waals surface area contributed by atoms with Gasteiger partial charge in [-0.3, -0.25) is 14.2 Å². The van der Waals surface area contributed by atoms with Crippen LogP contribution in [0.25, 0.3) is 0 Å². The molecule has 0 radical (unpaired) electrons. The number of hydrogen-bond acceptors (Lipinski definition) is 5. The van der Waals surface area contributed by atoms with Crippen LogP contribution in [0.15, 0.2) is 0 Å². The molecule has 6 nitrogen and oxygen atoms in total. The van der Waals surface area contributed by atoms with E-state index in [1.54, 1.807) is 0 Å². The third kappa shape index (κ3) is 7.05. The molecule has 6 unspecified atom stereocenters. The largest absolute Gasteiger partial charge is 0.481 e. The third-order valence-corrected chi connectivity index (χ3v) is 10.6. The van der Waals surface area contributed by atoms with Crippen molar-refractivity contribution in [2.24, 2.45) is 29.1 Å². The summed E-state index contributed by atoms with van der Waals surface area (Å²) in [5.41, 5.74) is -0.474. The second-order valence-corrected chi connectivity index (χ2v) is 13.3. The maximum Gasteiger partial charge on any atom is 0.311 e. The maximum atomic E-state index is 13.2. The lowest BCUT2D eigenvalue weighted by molar-refractivity contribution is -0.171. The molecule has 2 saturated carbocycles. The second kappa shape index (κ2) is 11.3. The van der Waals surface area contributed by atoms with E-state index in [4.69, 9.17) is 14.4 Å². The molecular formula is C24H43O6P. The van der Waals surface area contributed by atoms with Gasteiger partial charge in [0.25, 0.3) is 0 Å². The molecule has 0 aliphatic heterocycles. The molecule has 6 atom stereocenters. The first-order valence-electron chi connectivity index (χ1n) is 12.1. The Labute approximate surface area is 188 Å². The van der Waals surface area contributed by atoms with E-state index in [2.05, 4.69) is 6.92 Å². The summed E-state index contributed by atoms with van der Waals surface area (Å²) in [5.74, 6) is 0.751. The molecule has 2 rings (SSSR count). The fraction of sp³-hybridized carbons (Fsp3) is 0.917. The summed E-state index contributed by atoms with van der Waals surface area (Å²) in [7, 11) is -1.37. The Kier molecular flexibility index (Phi) is 9.63. The Bertz CT molecular complexity index is 660. The van der Waals surface area contributed by atoms with E-state index in [1.165, 1.54) is 20.0 Å². The summed E-state index contributed by atoms with van der Waals surface area (Å²) >= 11 is 0. The molecule has 0 heterocycles. The molecule has 0 aromatic heterocycles. The average Bonchev–Trinajstić information content (AvgIpc) is 2.73. The summed E-state index contributed by atoms with van der Waals surface area (Å²) in [6.07, 6.45) is 8.18. The number of carbonyl (C=O) groups excluding carboxylic acids is 1. The minimum absolute atomic E-state index is 0.0170. The van der Waals surface area contributed by atoms with Crippen molar-refractivity contribution >= 4 is 19.3 Å². The standard InChI is InChI=1S/C24H43O6P/c1-6-24(3,4)23(27)30-20-10-7-9-18-13-12-17(2)19(22(18)20)14-16-31(28,29-5)15-8-11-21(25)26/h17-20,22H,6-16H2,1-5H3,(H,25,26). The molecule has 1 N–H and O–H groups in total. The molecular weight excluding hydrogens is 415 g/mol. The van der Waals surface area contributed by atoms with Gasteiger partial charge in [0.1, 0.15) is 6.10 Å². The van der Waals surface area contributed by atoms with Gasteiger partial charge in [-0.15, -0.1) is 0 Å². The lowest BCUT2D eigenvalue weighted by Gasteiger charge is -2.49. The first-order chi connectivity index (χ1) is 14.5. The zero-order valence-corrected chi connectivity index (χ0v) is 21.0. The third-order valence-electron chi connectivity index (χ3n) is 7.98. The van der Waals surface area contributed by atoms with Gasteiger partial charge in [0.05, 0.1) is 5.41 Å². The molecule has 2 aliphatic carbocycles. The van der Waals surface area contributed by atoms with Crippen LogP contribution in [0.5, 0.6) is 0 Å². The van der Waals surface area contributed by atoms with Crippen molar-refractivity contribution in [2.75, 3.05) is 19.4 Å². The van der Waals surface area contributed by atoms with E-state index < -0.39 is 18.8 Å². The van der Waals surface area contributed by atoms with Crippen LogP contribution >= 0.6 is 7.37 Å². The van der Waals surface area contributed by atoms with Crippen LogP contribution in [0, 0.1) is 29.1 Å². The lowest BCUT2D eigenvalue weighted by atomic mass is 9.60. The number of carbonyl (C=O) groups is 2. The minimum Gasteiger partial charge on any atom is -0.481 e. The molecule has 0 aromatic carbocycles. The van der Waals surface area contributed by atoms with Crippen molar-refractivity contribution in [3.8, 4) is 0 Å². The SMILES string of the molecule is CCC(C)(C)C(=O)OC1CCCC2CCC(C)C(CCP(=O)(CCCC(=O)O)OC)C21. The zero-order chi connectivity index (χ0) is 23.2. The van der Waals surface area contributed by atoms with Gasteiger partial charge >= 0.3 is 11.9 Å². The Morgan fingerprint density at radius 3 is 2.45 bits per heavy atom. The van der Waals surface area contributed by atoms with Gasteiger partial charge in [0.2, 0.25) is 7.37 Å². The van der Waals surface area contributed by atoms with Gasteiger partial charge < -0.3 is 14.4 Å². The van der Waals surface area contributed by atoms with Crippen molar-refractivity contribution in [1.82, 2.24) is 0 Å². The summed E-state index contributed by atoms with van der Waals surface area (Å²) in [4.78, 5) is 23.7. The summed E-state index contributed by atoms with van der Waals surface area (Å²) in [6, 6.07) is 0. The first kappa shape index (κ1) is 26.4. The van der Waals surface area contributed by atoms with Gasteiger partial charge in [-0.25, -0.2) is 0 Å². The Balaban J connectivity index is 2.11. The van der Waals surface area contributed by atoms with Crippen molar-refractivity contribution in [1.29, 1.82) is 0 Å². The molecule has 7 heteroatoms.